The van der Waals surface area contributed by atoms with Crippen molar-refractivity contribution in [1.29, 1.82) is 0 Å². The van der Waals surface area contributed by atoms with E-state index in [-0.39, 0.29) is 23.9 Å². The highest BCUT2D eigenvalue weighted by Crippen LogP contribution is 2.22. The first kappa shape index (κ1) is 15.9. The molecular formula is C13H20FNO3S. The fraction of sp³-hybridized carbons (Fsp3) is 0.538. The molecular weight excluding hydrogens is 269 g/mol. The lowest BCUT2D eigenvalue weighted by Crippen LogP contribution is -2.18. The molecule has 0 atom stereocenters. The molecule has 19 heavy (non-hydrogen) atoms. The molecule has 0 bridgehead atoms. The molecule has 0 aromatic heterocycles. The van der Waals surface area contributed by atoms with Crippen LogP contribution in [0.3, 0.4) is 0 Å². The van der Waals surface area contributed by atoms with Crippen molar-refractivity contribution in [3.63, 3.8) is 0 Å². The molecule has 0 aliphatic carbocycles. The Bertz CT molecular complexity index is 503. The first-order chi connectivity index (χ1) is 9.00. The van der Waals surface area contributed by atoms with Crippen LogP contribution in [0.5, 0.6) is 5.75 Å². The standard InChI is InChI=1S/C13H20FNO3S/c1-3-8-19(16,17)9-7-18-13-11(10-15-2)5-4-6-12(13)14/h4-6,15H,3,7-10H2,1-2H3. The van der Waals surface area contributed by atoms with Gasteiger partial charge in [-0.05, 0) is 19.5 Å². The lowest BCUT2D eigenvalue weighted by Gasteiger charge is -2.12. The van der Waals surface area contributed by atoms with Crippen LogP contribution < -0.4 is 10.1 Å². The Labute approximate surface area is 113 Å². The summed E-state index contributed by atoms with van der Waals surface area (Å²) in [5.41, 5.74) is 0.676. The summed E-state index contributed by atoms with van der Waals surface area (Å²) in [4.78, 5) is 0. The van der Waals surface area contributed by atoms with E-state index in [1.54, 1.807) is 26.1 Å². The Balaban J connectivity index is 2.67. The summed E-state index contributed by atoms with van der Waals surface area (Å²) in [7, 11) is -1.35. The largest absolute Gasteiger partial charge is 0.489 e. The van der Waals surface area contributed by atoms with E-state index in [9.17, 15) is 12.8 Å². The molecule has 0 unspecified atom stereocenters. The lowest BCUT2D eigenvalue weighted by atomic mass is 10.2. The van der Waals surface area contributed by atoms with Crippen molar-refractivity contribution in [2.75, 3.05) is 25.2 Å². The van der Waals surface area contributed by atoms with Gasteiger partial charge in [0.1, 0.15) is 6.61 Å². The maximum Gasteiger partial charge on any atom is 0.165 e. The first-order valence-corrected chi connectivity index (χ1v) is 8.07. The Morgan fingerprint density at radius 2 is 2.05 bits per heavy atom. The van der Waals surface area contributed by atoms with Crippen molar-refractivity contribution < 1.29 is 17.5 Å². The first-order valence-electron chi connectivity index (χ1n) is 6.25. The monoisotopic (exact) mass is 289 g/mol. The molecule has 6 heteroatoms. The van der Waals surface area contributed by atoms with Crippen LogP contribution in [0.15, 0.2) is 18.2 Å². The number of ether oxygens (including phenoxy) is 1. The van der Waals surface area contributed by atoms with Gasteiger partial charge in [0.15, 0.2) is 21.4 Å². The molecule has 0 heterocycles. The highest BCUT2D eigenvalue weighted by Gasteiger charge is 2.13. The van der Waals surface area contributed by atoms with E-state index in [1.807, 2.05) is 0 Å². The summed E-state index contributed by atoms with van der Waals surface area (Å²) >= 11 is 0. The minimum Gasteiger partial charge on any atom is -0.489 e. The Kier molecular flexibility index (Phi) is 6.24. The van der Waals surface area contributed by atoms with E-state index in [4.69, 9.17) is 4.74 Å². The molecule has 1 aromatic rings. The average molecular weight is 289 g/mol. The van der Waals surface area contributed by atoms with Gasteiger partial charge < -0.3 is 10.1 Å². The van der Waals surface area contributed by atoms with E-state index in [1.165, 1.54) is 6.07 Å². The maximum absolute atomic E-state index is 13.6. The highest BCUT2D eigenvalue weighted by molar-refractivity contribution is 7.91. The topological polar surface area (TPSA) is 55.4 Å². The predicted octanol–water partition coefficient (Wildman–Crippen LogP) is 1.75. The van der Waals surface area contributed by atoms with Crippen LogP contribution >= 0.6 is 0 Å². The van der Waals surface area contributed by atoms with Gasteiger partial charge in [0.2, 0.25) is 0 Å². The number of nitrogens with one attached hydrogen (secondary N) is 1. The number of hydrogen-bond acceptors (Lipinski definition) is 4. The summed E-state index contributed by atoms with van der Waals surface area (Å²) in [6, 6.07) is 4.65. The van der Waals surface area contributed by atoms with Gasteiger partial charge in [0.25, 0.3) is 0 Å². The van der Waals surface area contributed by atoms with Gasteiger partial charge in [-0.1, -0.05) is 19.1 Å². The Morgan fingerprint density at radius 3 is 2.68 bits per heavy atom. The van der Waals surface area contributed by atoms with E-state index in [0.29, 0.717) is 18.5 Å². The van der Waals surface area contributed by atoms with Crippen molar-refractivity contribution in [3.8, 4) is 5.75 Å². The minimum absolute atomic E-state index is 0.0278. The van der Waals surface area contributed by atoms with Crippen LogP contribution in [-0.4, -0.2) is 33.6 Å². The van der Waals surface area contributed by atoms with Gasteiger partial charge >= 0.3 is 0 Å². The molecule has 1 aromatic carbocycles. The molecule has 0 saturated heterocycles. The molecule has 0 amide bonds. The van der Waals surface area contributed by atoms with Crippen molar-refractivity contribution in [2.45, 2.75) is 19.9 Å². The minimum atomic E-state index is -3.10. The number of hydrogen-bond donors (Lipinski definition) is 1. The zero-order valence-corrected chi connectivity index (χ0v) is 12.1. The van der Waals surface area contributed by atoms with Crippen LogP contribution in [0, 0.1) is 5.82 Å². The third kappa shape index (κ3) is 5.16. The van der Waals surface area contributed by atoms with Crippen LogP contribution in [-0.2, 0) is 16.4 Å². The number of rotatable bonds is 8. The zero-order valence-electron chi connectivity index (χ0n) is 11.3. The molecule has 0 spiro atoms. The molecule has 1 N–H and O–H groups in total. The van der Waals surface area contributed by atoms with Gasteiger partial charge in [0, 0.05) is 12.1 Å². The molecule has 0 saturated carbocycles. The third-order valence-corrected chi connectivity index (χ3v) is 4.39. The number of benzene rings is 1. The average Bonchev–Trinajstić information content (AvgIpc) is 2.33. The second-order valence-electron chi connectivity index (χ2n) is 4.26. The van der Waals surface area contributed by atoms with Gasteiger partial charge in [-0.2, -0.15) is 0 Å². The van der Waals surface area contributed by atoms with Crippen molar-refractivity contribution in [2.24, 2.45) is 0 Å². The Hall–Kier alpha value is -1.14. The second kappa shape index (κ2) is 7.45. The molecule has 0 radical (unpaired) electrons. The van der Waals surface area contributed by atoms with Crippen molar-refractivity contribution in [3.05, 3.63) is 29.6 Å². The number of halogens is 1. The summed E-state index contributed by atoms with van der Waals surface area (Å²) in [6.45, 7) is 2.25. The van der Waals surface area contributed by atoms with Crippen molar-refractivity contribution in [1.82, 2.24) is 5.32 Å². The van der Waals surface area contributed by atoms with Gasteiger partial charge in [-0.15, -0.1) is 0 Å². The fourth-order valence-electron chi connectivity index (χ4n) is 1.73. The fourth-order valence-corrected chi connectivity index (χ4v) is 2.89. The van der Waals surface area contributed by atoms with Crippen LogP contribution in [0.25, 0.3) is 0 Å². The quantitative estimate of drug-likeness (QED) is 0.792. The lowest BCUT2D eigenvalue weighted by molar-refractivity contribution is 0.318. The molecule has 1 rings (SSSR count). The van der Waals surface area contributed by atoms with Gasteiger partial charge in [-0.3, -0.25) is 0 Å². The molecule has 0 aliphatic heterocycles. The van der Waals surface area contributed by atoms with Gasteiger partial charge in [0.05, 0.1) is 11.5 Å². The maximum atomic E-state index is 13.6. The van der Waals surface area contributed by atoms with E-state index >= 15 is 0 Å². The summed E-state index contributed by atoms with van der Waals surface area (Å²) < 4.78 is 42.0. The summed E-state index contributed by atoms with van der Waals surface area (Å²) in [6.07, 6.45) is 0.576. The summed E-state index contributed by atoms with van der Waals surface area (Å²) in [5, 5.41) is 2.91. The molecule has 0 fully saturated rings. The number of sulfone groups is 1. The zero-order chi connectivity index (χ0) is 14.3. The van der Waals surface area contributed by atoms with Gasteiger partial charge in [-0.25, -0.2) is 12.8 Å². The van der Waals surface area contributed by atoms with Crippen molar-refractivity contribution >= 4 is 9.84 Å². The van der Waals surface area contributed by atoms with Crippen LogP contribution in [0.4, 0.5) is 4.39 Å². The van der Waals surface area contributed by atoms with Crippen LogP contribution in [0.1, 0.15) is 18.9 Å². The molecule has 0 aliphatic rings. The van der Waals surface area contributed by atoms with E-state index in [2.05, 4.69) is 5.32 Å². The van der Waals surface area contributed by atoms with Crippen LogP contribution in [0.2, 0.25) is 0 Å². The molecule has 108 valence electrons. The highest BCUT2D eigenvalue weighted by atomic mass is 32.2. The van der Waals surface area contributed by atoms with E-state index < -0.39 is 15.7 Å². The normalized spacial score (nSPS) is 11.5. The SMILES string of the molecule is CCCS(=O)(=O)CCOc1c(F)cccc1CNC. The summed E-state index contributed by atoms with van der Waals surface area (Å²) in [5.74, 6) is -0.297. The predicted molar refractivity (Wildman–Crippen MR) is 73.6 cm³/mol. The molecule has 4 nitrogen and oxygen atoms in total. The second-order valence-corrected chi connectivity index (χ2v) is 6.56. The van der Waals surface area contributed by atoms with E-state index in [0.717, 1.165) is 0 Å². The third-order valence-electron chi connectivity index (χ3n) is 2.57. The smallest absolute Gasteiger partial charge is 0.165 e. The number of para-hydroxylation sites is 1. The Morgan fingerprint density at radius 1 is 1.32 bits per heavy atom.